The van der Waals surface area contributed by atoms with Crippen LogP contribution in [0.3, 0.4) is 0 Å². The topological polar surface area (TPSA) is 114 Å². The maximum absolute atomic E-state index is 11.7. The fraction of sp³-hybridized carbons (Fsp3) is 0.636. The van der Waals surface area contributed by atoms with Crippen LogP contribution in [0.25, 0.3) is 0 Å². The number of methoxy groups -OCH3 is 1. The van der Waals surface area contributed by atoms with Crippen molar-refractivity contribution in [1.82, 2.24) is 9.55 Å². The molecule has 4 atom stereocenters. The molecular formula is C11H16N2O6. The summed E-state index contributed by atoms with van der Waals surface area (Å²) in [5.41, 5.74) is -0.861. The van der Waals surface area contributed by atoms with Gasteiger partial charge >= 0.3 is 5.69 Å². The van der Waals surface area contributed by atoms with Crippen molar-refractivity contribution in [3.8, 4) is 0 Å². The molecule has 0 radical (unpaired) electrons. The van der Waals surface area contributed by atoms with Crippen LogP contribution in [-0.2, 0) is 9.47 Å². The van der Waals surface area contributed by atoms with Crippen molar-refractivity contribution in [3.63, 3.8) is 0 Å². The summed E-state index contributed by atoms with van der Waals surface area (Å²) in [6.45, 7) is 1.19. The van der Waals surface area contributed by atoms with Crippen LogP contribution >= 0.6 is 0 Å². The monoisotopic (exact) mass is 272 g/mol. The normalized spacial score (nSPS) is 30.7. The number of ether oxygens (including phenoxy) is 2. The van der Waals surface area contributed by atoms with E-state index in [-0.39, 0.29) is 6.61 Å². The Bertz CT molecular complexity index is 565. The molecule has 1 aromatic heterocycles. The Balaban J connectivity index is 2.41. The van der Waals surface area contributed by atoms with Crippen molar-refractivity contribution >= 4 is 0 Å². The highest BCUT2D eigenvalue weighted by Gasteiger charge is 2.45. The van der Waals surface area contributed by atoms with Gasteiger partial charge in [0.1, 0.15) is 18.3 Å². The number of aliphatic hydroxyl groups is 2. The second-order valence-corrected chi connectivity index (χ2v) is 4.42. The number of hydrogen-bond donors (Lipinski definition) is 3. The van der Waals surface area contributed by atoms with Crippen molar-refractivity contribution in [2.45, 2.75) is 31.5 Å². The van der Waals surface area contributed by atoms with Crippen molar-refractivity contribution in [2.75, 3.05) is 13.7 Å². The molecule has 2 heterocycles. The summed E-state index contributed by atoms with van der Waals surface area (Å²) in [6.07, 6.45) is -2.30. The minimum absolute atomic E-state index is 0.316. The van der Waals surface area contributed by atoms with Crippen LogP contribution in [0.5, 0.6) is 0 Å². The molecule has 1 aromatic rings. The highest BCUT2D eigenvalue weighted by molar-refractivity contribution is 5.03. The Morgan fingerprint density at radius 1 is 1.53 bits per heavy atom. The number of nitrogens with zero attached hydrogens (tertiary/aromatic N) is 1. The highest BCUT2D eigenvalue weighted by Crippen LogP contribution is 2.29. The number of aromatic nitrogens is 2. The molecule has 1 aliphatic heterocycles. The SMILES string of the molecule is CO[C@H]1[C@@H](CO)OC(n2cc(C)c(=O)[nH]c2=O)[C@@H]1O. The molecule has 0 saturated carbocycles. The lowest BCUT2D eigenvalue weighted by Gasteiger charge is -2.18. The van der Waals surface area contributed by atoms with Gasteiger partial charge < -0.3 is 19.7 Å². The van der Waals surface area contributed by atoms with Crippen molar-refractivity contribution in [1.29, 1.82) is 0 Å². The van der Waals surface area contributed by atoms with Crippen LogP contribution < -0.4 is 11.2 Å². The summed E-state index contributed by atoms with van der Waals surface area (Å²) in [7, 11) is 1.38. The minimum atomic E-state index is -1.12. The average Bonchev–Trinajstić information content (AvgIpc) is 2.70. The van der Waals surface area contributed by atoms with Crippen LogP contribution in [0.15, 0.2) is 15.8 Å². The predicted octanol–water partition coefficient (Wildman–Crippen LogP) is -1.89. The third-order valence-electron chi connectivity index (χ3n) is 3.18. The molecule has 19 heavy (non-hydrogen) atoms. The van der Waals surface area contributed by atoms with E-state index in [0.717, 1.165) is 4.57 Å². The Morgan fingerprint density at radius 3 is 2.74 bits per heavy atom. The quantitative estimate of drug-likeness (QED) is 0.593. The van der Waals surface area contributed by atoms with E-state index in [9.17, 15) is 14.7 Å². The second-order valence-electron chi connectivity index (χ2n) is 4.42. The molecule has 1 aliphatic rings. The first-order valence-corrected chi connectivity index (χ1v) is 5.78. The zero-order valence-electron chi connectivity index (χ0n) is 10.6. The molecule has 1 saturated heterocycles. The van der Waals surface area contributed by atoms with E-state index in [0.29, 0.717) is 5.56 Å². The van der Waals surface area contributed by atoms with Crippen molar-refractivity contribution in [2.24, 2.45) is 0 Å². The van der Waals surface area contributed by atoms with Crippen molar-refractivity contribution in [3.05, 3.63) is 32.6 Å². The summed E-state index contributed by atoms with van der Waals surface area (Å²) in [6, 6.07) is 0. The van der Waals surface area contributed by atoms with Gasteiger partial charge in [-0.05, 0) is 6.92 Å². The Kier molecular flexibility index (Phi) is 3.85. The van der Waals surface area contributed by atoms with Crippen LogP contribution in [0.4, 0.5) is 0 Å². The molecule has 3 N–H and O–H groups in total. The van der Waals surface area contributed by atoms with E-state index >= 15 is 0 Å². The van der Waals surface area contributed by atoms with Gasteiger partial charge in [-0.3, -0.25) is 14.3 Å². The summed E-state index contributed by atoms with van der Waals surface area (Å²) in [5.74, 6) is 0. The molecule has 8 heteroatoms. The molecule has 1 unspecified atom stereocenters. The first kappa shape index (κ1) is 13.9. The van der Waals surface area contributed by atoms with Crippen LogP contribution in [0, 0.1) is 6.92 Å². The number of rotatable bonds is 3. The summed E-state index contributed by atoms with van der Waals surface area (Å²) < 4.78 is 11.5. The number of aromatic amines is 1. The van der Waals surface area contributed by atoms with E-state index < -0.39 is 35.8 Å². The number of H-pyrrole nitrogens is 1. The van der Waals surface area contributed by atoms with Crippen LogP contribution in [-0.4, -0.2) is 51.8 Å². The van der Waals surface area contributed by atoms with Crippen LogP contribution in [0.1, 0.15) is 11.8 Å². The largest absolute Gasteiger partial charge is 0.394 e. The highest BCUT2D eigenvalue weighted by atomic mass is 16.6. The number of nitrogens with one attached hydrogen (secondary N) is 1. The lowest BCUT2D eigenvalue weighted by atomic mass is 10.1. The minimum Gasteiger partial charge on any atom is -0.394 e. The van der Waals surface area contributed by atoms with E-state index in [1.165, 1.54) is 20.2 Å². The van der Waals surface area contributed by atoms with Gasteiger partial charge in [0.05, 0.1) is 6.61 Å². The molecule has 0 bridgehead atoms. The smallest absolute Gasteiger partial charge is 0.330 e. The predicted molar refractivity (Wildman–Crippen MR) is 63.9 cm³/mol. The third kappa shape index (κ3) is 2.35. The molecule has 0 spiro atoms. The average molecular weight is 272 g/mol. The van der Waals surface area contributed by atoms with E-state index in [1.54, 1.807) is 0 Å². The Hall–Kier alpha value is -1.48. The molecule has 8 nitrogen and oxygen atoms in total. The van der Waals surface area contributed by atoms with Crippen molar-refractivity contribution < 1.29 is 19.7 Å². The number of aliphatic hydroxyl groups excluding tert-OH is 2. The molecule has 106 valence electrons. The molecular weight excluding hydrogens is 256 g/mol. The number of hydrogen-bond acceptors (Lipinski definition) is 6. The van der Waals surface area contributed by atoms with Gasteiger partial charge in [0, 0.05) is 18.9 Å². The Morgan fingerprint density at radius 2 is 2.21 bits per heavy atom. The molecule has 0 aliphatic carbocycles. The summed E-state index contributed by atoms with van der Waals surface area (Å²) in [5, 5.41) is 19.2. The second kappa shape index (κ2) is 5.25. The molecule has 0 aromatic carbocycles. The lowest BCUT2D eigenvalue weighted by molar-refractivity contribution is -0.0569. The van der Waals surface area contributed by atoms with E-state index in [4.69, 9.17) is 14.6 Å². The molecule has 0 amide bonds. The Labute approximate surface area is 108 Å². The van der Waals surface area contributed by atoms with Gasteiger partial charge in [-0.1, -0.05) is 0 Å². The summed E-state index contributed by atoms with van der Waals surface area (Å²) in [4.78, 5) is 25.1. The van der Waals surface area contributed by atoms with Gasteiger partial charge in [-0.25, -0.2) is 4.79 Å². The van der Waals surface area contributed by atoms with Crippen LogP contribution in [0.2, 0.25) is 0 Å². The fourth-order valence-corrected chi connectivity index (χ4v) is 2.16. The third-order valence-corrected chi connectivity index (χ3v) is 3.18. The summed E-state index contributed by atoms with van der Waals surface area (Å²) >= 11 is 0. The lowest BCUT2D eigenvalue weighted by Crippen LogP contribution is -2.39. The zero-order chi connectivity index (χ0) is 14.2. The van der Waals surface area contributed by atoms with Gasteiger partial charge in [0.25, 0.3) is 5.56 Å². The van der Waals surface area contributed by atoms with Gasteiger partial charge in [-0.2, -0.15) is 0 Å². The van der Waals surface area contributed by atoms with Gasteiger partial charge in [-0.15, -0.1) is 0 Å². The van der Waals surface area contributed by atoms with Gasteiger partial charge in [0.15, 0.2) is 6.23 Å². The molecule has 2 rings (SSSR count). The molecule has 1 fully saturated rings. The maximum atomic E-state index is 11.7. The van der Waals surface area contributed by atoms with Gasteiger partial charge in [0.2, 0.25) is 0 Å². The zero-order valence-corrected chi connectivity index (χ0v) is 10.6. The standard InChI is InChI=1S/C11H16N2O6/c1-5-3-13(11(17)12-9(5)16)10-7(15)8(18-2)6(4-14)19-10/h3,6-8,10,14-15H,4H2,1-2H3,(H,12,16,17)/t6-,7-,8+,10?/m1/s1. The van der Waals surface area contributed by atoms with E-state index in [2.05, 4.69) is 4.98 Å². The maximum Gasteiger partial charge on any atom is 0.330 e. The van der Waals surface area contributed by atoms with E-state index in [1.807, 2.05) is 0 Å². The first-order chi connectivity index (χ1) is 8.99. The first-order valence-electron chi connectivity index (χ1n) is 5.78. The fourth-order valence-electron chi connectivity index (χ4n) is 2.16. The number of aryl methyl sites for hydroxylation is 1.